The van der Waals surface area contributed by atoms with Gasteiger partial charge >= 0.3 is 5.97 Å². The van der Waals surface area contributed by atoms with Crippen molar-refractivity contribution in [2.45, 2.75) is 0 Å². The van der Waals surface area contributed by atoms with Crippen LogP contribution in [0.15, 0.2) is 29.6 Å². The Morgan fingerprint density at radius 2 is 2.47 bits per heavy atom. The molecule has 0 aliphatic carbocycles. The molecule has 76 valence electrons. The van der Waals surface area contributed by atoms with Crippen molar-refractivity contribution < 1.29 is 14.4 Å². The van der Waals surface area contributed by atoms with Gasteiger partial charge in [-0.25, -0.2) is 9.48 Å². The summed E-state index contributed by atoms with van der Waals surface area (Å²) in [6.07, 6.45) is 4.73. The molecule has 0 atom stereocenters. The van der Waals surface area contributed by atoms with E-state index < -0.39 is 5.97 Å². The van der Waals surface area contributed by atoms with E-state index in [1.54, 1.807) is 12.4 Å². The van der Waals surface area contributed by atoms with E-state index in [0.717, 1.165) is 0 Å². The predicted molar refractivity (Wildman–Crippen MR) is 51.1 cm³/mol. The number of carboxylic acid groups (broad SMARTS) is 1. The van der Waals surface area contributed by atoms with E-state index in [1.165, 1.54) is 16.9 Å². The van der Waals surface area contributed by atoms with Crippen molar-refractivity contribution in [2.24, 2.45) is 0 Å². The van der Waals surface area contributed by atoms with Gasteiger partial charge in [-0.15, -0.1) is 0 Å². The first-order chi connectivity index (χ1) is 7.20. The number of nitrogens with zero attached hydrogens (tertiary/aromatic N) is 3. The van der Waals surface area contributed by atoms with Gasteiger partial charge < -0.3 is 9.63 Å². The zero-order valence-corrected chi connectivity index (χ0v) is 7.62. The fraction of sp³-hybridized carbons (Fsp3) is 0. The lowest BCUT2D eigenvalue weighted by Crippen LogP contribution is -1.91. The van der Waals surface area contributed by atoms with Crippen LogP contribution in [0.3, 0.4) is 0 Å². The maximum absolute atomic E-state index is 10.5. The van der Waals surface area contributed by atoms with Gasteiger partial charge in [0.05, 0.1) is 6.20 Å². The minimum Gasteiger partial charge on any atom is -0.475 e. The van der Waals surface area contributed by atoms with Gasteiger partial charge in [-0.05, 0) is 0 Å². The molecule has 1 N–H and O–H groups in total. The fourth-order valence-electron chi connectivity index (χ4n) is 1.08. The summed E-state index contributed by atoms with van der Waals surface area (Å²) >= 11 is 0. The van der Waals surface area contributed by atoms with E-state index in [-0.39, 0.29) is 5.76 Å². The molecule has 0 aromatic carbocycles. The second-order valence-electron chi connectivity index (χ2n) is 2.77. The molecule has 0 amide bonds. The lowest BCUT2D eigenvalue weighted by Gasteiger charge is -1.85. The highest BCUT2D eigenvalue weighted by Crippen LogP contribution is 2.18. The maximum Gasteiger partial charge on any atom is 0.374 e. The zero-order valence-electron chi connectivity index (χ0n) is 7.62. The standard InChI is InChI=1S/C9H7N3O3/c1-2-12-5-6(4-10-12)7-3-8(9(13)14)15-11-7/h2-5H,1H2,(H,13,14). The topological polar surface area (TPSA) is 81.2 Å². The van der Waals surface area contributed by atoms with Gasteiger partial charge in [0, 0.05) is 24.0 Å². The van der Waals surface area contributed by atoms with Crippen molar-refractivity contribution >= 4 is 12.2 Å². The predicted octanol–water partition coefficient (Wildman–Crippen LogP) is 1.34. The normalized spacial score (nSPS) is 10.1. The summed E-state index contributed by atoms with van der Waals surface area (Å²) in [7, 11) is 0. The van der Waals surface area contributed by atoms with Crippen LogP contribution < -0.4 is 0 Å². The summed E-state index contributed by atoms with van der Waals surface area (Å²) in [5.74, 6) is -1.35. The molecule has 0 spiro atoms. The average Bonchev–Trinajstić information content (AvgIpc) is 2.86. The van der Waals surface area contributed by atoms with Gasteiger partial charge in [0.25, 0.3) is 0 Å². The van der Waals surface area contributed by atoms with Gasteiger partial charge in [0.2, 0.25) is 5.76 Å². The lowest BCUT2D eigenvalue weighted by molar-refractivity contribution is 0.0652. The zero-order chi connectivity index (χ0) is 10.8. The summed E-state index contributed by atoms with van der Waals surface area (Å²) in [5.41, 5.74) is 1.10. The molecule has 0 bridgehead atoms. The maximum atomic E-state index is 10.5. The van der Waals surface area contributed by atoms with E-state index in [4.69, 9.17) is 5.11 Å². The van der Waals surface area contributed by atoms with Gasteiger partial charge in [-0.3, -0.25) is 0 Å². The number of hydrogen-bond donors (Lipinski definition) is 1. The smallest absolute Gasteiger partial charge is 0.374 e. The first kappa shape index (κ1) is 9.20. The first-order valence-electron chi connectivity index (χ1n) is 4.08. The summed E-state index contributed by atoms with van der Waals surface area (Å²) < 4.78 is 6.10. The number of aromatic nitrogens is 3. The number of carbonyl (C=O) groups is 1. The number of rotatable bonds is 3. The summed E-state index contributed by atoms with van der Waals surface area (Å²) in [5, 5.41) is 16.2. The molecule has 2 rings (SSSR count). The Morgan fingerprint density at radius 3 is 3.00 bits per heavy atom. The lowest BCUT2D eigenvalue weighted by atomic mass is 10.2. The molecule has 2 heterocycles. The van der Waals surface area contributed by atoms with E-state index in [2.05, 4.69) is 21.4 Å². The summed E-state index contributed by atoms with van der Waals surface area (Å²) in [6.45, 7) is 3.53. The van der Waals surface area contributed by atoms with Crippen LogP contribution in [0.25, 0.3) is 17.5 Å². The second kappa shape index (κ2) is 3.41. The van der Waals surface area contributed by atoms with E-state index >= 15 is 0 Å². The van der Waals surface area contributed by atoms with Crippen LogP contribution in [0.2, 0.25) is 0 Å². The van der Waals surface area contributed by atoms with Crippen LogP contribution in [0, 0.1) is 0 Å². The Labute approximate surface area is 84.4 Å². The molecule has 0 saturated carbocycles. The minimum atomic E-state index is -1.15. The van der Waals surface area contributed by atoms with E-state index in [9.17, 15) is 4.79 Å². The molecule has 2 aromatic rings. The highest BCUT2D eigenvalue weighted by molar-refractivity contribution is 5.85. The van der Waals surface area contributed by atoms with Gasteiger partial charge in [-0.1, -0.05) is 11.7 Å². The Bertz CT molecular complexity index is 512. The highest BCUT2D eigenvalue weighted by atomic mass is 16.5. The Morgan fingerprint density at radius 1 is 1.67 bits per heavy atom. The van der Waals surface area contributed by atoms with Crippen LogP contribution in [-0.2, 0) is 0 Å². The molecule has 0 radical (unpaired) electrons. The van der Waals surface area contributed by atoms with Crippen LogP contribution in [0.1, 0.15) is 10.6 Å². The molecule has 0 saturated heterocycles. The minimum absolute atomic E-state index is 0.198. The van der Waals surface area contributed by atoms with Crippen LogP contribution in [0.5, 0.6) is 0 Å². The third kappa shape index (κ3) is 1.64. The molecular formula is C9H7N3O3. The van der Waals surface area contributed by atoms with Crippen molar-refractivity contribution in [1.29, 1.82) is 0 Å². The van der Waals surface area contributed by atoms with Crippen LogP contribution >= 0.6 is 0 Å². The van der Waals surface area contributed by atoms with Gasteiger partial charge in [-0.2, -0.15) is 5.10 Å². The molecule has 0 unspecified atom stereocenters. The largest absolute Gasteiger partial charge is 0.475 e. The molecule has 6 nitrogen and oxygen atoms in total. The van der Waals surface area contributed by atoms with Crippen LogP contribution in [-0.4, -0.2) is 26.0 Å². The van der Waals surface area contributed by atoms with Crippen molar-refractivity contribution in [2.75, 3.05) is 0 Å². The molecule has 6 heteroatoms. The fourth-order valence-corrected chi connectivity index (χ4v) is 1.08. The molecule has 0 fully saturated rings. The monoisotopic (exact) mass is 205 g/mol. The van der Waals surface area contributed by atoms with Crippen molar-refractivity contribution in [1.82, 2.24) is 14.9 Å². The molecule has 0 aliphatic heterocycles. The van der Waals surface area contributed by atoms with Crippen molar-refractivity contribution in [3.8, 4) is 11.3 Å². The molecular weight excluding hydrogens is 198 g/mol. The van der Waals surface area contributed by atoms with Crippen LogP contribution in [0.4, 0.5) is 0 Å². The van der Waals surface area contributed by atoms with E-state index in [1.807, 2.05) is 0 Å². The van der Waals surface area contributed by atoms with Gasteiger partial charge in [0.1, 0.15) is 5.69 Å². The Hall–Kier alpha value is -2.37. The quantitative estimate of drug-likeness (QED) is 0.817. The average molecular weight is 205 g/mol. The Balaban J connectivity index is 2.36. The van der Waals surface area contributed by atoms with Gasteiger partial charge in [0.15, 0.2) is 0 Å². The molecule has 2 aromatic heterocycles. The number of aromatic carboxylic acids is 1. The first-order valence-corrected chi connectivity index (χ1v) is 4.08. The number of carboxylic acids is 1. The molecule has 15 heavy (non-hydrogen) atoms. The van der Waals surface area contributed by atoms with Crippen molar-refractivity contribution in [3.63, 3.8) is 0 Å². The molecule has 0 aliphatic rings. The summed E-state index contributed by atoms with van der Waals surface area (Å²) in [6, 6.07) is 1.34. The second-order valence-corrected chi connectivity index (χ2v) is 2.77. The van der Waals surface area contributed by atoms with E-state index in [0.29, 0.717) is 11.3 Å². The SMILES string of the molecule is C=Cn1cc(-c2cc(C(=O)O)on2)cn1. The number of hydrogen-bond acceptors (Lipinski definition) is 4. The third-order valence-electron chi connectivity index (χ3n) is 1.81. The highest BCUT2D eigenvalue weighted by Gasteiger charge is 2.13. The Kier molecular flexibility index (Phi) is 2.09. The van der Waals surface area contributed by atoms with Crippen molar-refractivity contribution in [3.05, 3.63) is 30.8 Å². The summed E-state index contributed by atoms with van der Waals surface area (Å²) in [4.78, 5) is 10.5. The third-order valence-corrected chi connectivity index (χ3v) is 1.81.